The second kappa shape index (κ2) is 2.69. The first-order chi connectivity index (χ1) is 6.77. The molecule has 74 valence electrons. The van der Waals surface area contributed by atoms with Gasteiger partial charge >= 0.3 is 11.9 Å². The van der Waals surface area contributed by atoms with Crippen LogP contribution in [0.5, 0.6) is 0 Å². The van der Waals surface area contributed by atoms with Gasteiger partial charge in [0.2, 0.25) is 0 Å². The number of cyclic esters (lactones) is 2. The van der Waals surface area contributed by atoms with Gasteiger partial charge in [0, 0.05) is 0 Å². The highest BCUT2D eigenvalue weighted by atomic mass is 16.6. The number of carbonyl (C=O) groups is 2. The summed E-state index contributed by atoms with van der Waals surface area (Å²) in [7, 11) is 0. The number of hydrogen-bond acceptors (Lipinski definition) is 3. The van der Waals surface area contributed by atoms with Crippen LogP contribution in [0.25, 0.3) is 0 Å². The van der Waals surface area contributed by atoms with Crippen molar-refractivity contribution in [2.24, 2.45) is 23.7 Å². The molecule has 2 bridgehead atoms. The third-order valence-corrected chi connectivity index (χ3v) is 3.74. The van der Waals surface area contributed by atoms with Gasteiger partial charge in [-0.15, -0.1) is 0 Å². The Bertz CT molecular complexity index is 301. The quantitative estimate of drug-likeness (QED) is 0.330. The maximum Gasteiger partial charge on any atom is 0.318 e. The lowest BCUT2D eigenvalue weighted by atomic mass is 9.73. The molecule has 0 amide bonds. The lowest BCUT2D eigenvalue weighted by molar-refractivity contribution is -0.154. The van der Waals surface area contributed by atoms with E-state index in [-0.39, 0.29) is 35.6 Å². The molecule has 0 N–H and O–H groups in total. The van der Waals surface area contributed by atoms with Crippen molar-refractivity contribution in [1.82, 2.24) is 0 Å². The van der Waals surface area contributed by atoms with Gasteiger partial charge in [0.25, 0.3) is 0 Å². The Kier molecular flexibility index (Phi) is 1.58. The van der Waals surface area contributed by atoms with Crippen LogP contribution in [-0.4, -0.2) is 11.9 Å². The number of fused-ring (bicyclic) bond motifs is 2. The van der Waals surface area contributed by atoms with Gasteiger partial charge < -0.3 is 4.74 Å². The third kappa shape index (κ3) is 0.925. The molecule has 1 saturated heterocycles. The maximum absolute atomic E-state index is 11.5. The predicted octanol–water partition coefficient (Wildman–Crippen LogP) is 1.29. The van der Waals surface area contributed by atoms with Crippen molar-refractivity contribution in [1.29, 1.82) is 0 Å². The van der Waals surface area contributed by atoms with E-state index in [4.69, 9.17) is 4.74 Å². The Morgan fingerprint density at radius 1 is 1.00 bits per heavy atom. The molecule has 4 aliphatic rings. The Morgan fingerprint density at radius 2 is 1.50 bits per heavy atom. The summed E-state index contributed by atoms with van der Waals surface area (Å²) in [5, 5.41) is 0. The smallest absolute Gasteiger partial charge is 0.318 e. The van der Waals surface area contributed by atoms with Crippen molar-refractivity contribution < 1.29 is 14.3 Å². The molecule has 4 atom stereocenters. The molecule has 3 aliphatic carbocycles. The molecule has 0 aromatic heterocycles. The number of hydrogen-bond donors (Lipinski definition) is 0. The summed E-state index contributed by atoms with van der Waals surface area (Å²) >= 11 is 0. The fraction of sp³-hybridized carbons (Fsp3) is 0.636. The van der Waals surface area contributed by atoms with E-state index >= 15 is 0 Å². The van der Waals surface area contributed by atoms with E-state index < -0.39 is 0 Å². The lowest BCUT2D eigenvalue weighted by Gasteiger charge is -2.25. The van der Waals surface area contributed by atoms with Gasteiger partial charge in [0.1, 0.15) is 0 Å². The summed E-state index contributed by atoms with van der Waals surface area (Å²) in [6, 6.07) is 0. The fourth-order valence-corrected chi connectivity index (χ4v) is 3.08. The summed E-state index contributed by atoms with van der Waals surface area (Å²) in [6.07, 6.45) is 7.39. The first-order valence-corrected chi connectivity index (χ1v) is 5.21. The van der Waals surface area contributed by atoms with E-state index in [0.29, 0.717) is 0 Å². The van der Waals surface area contributed by atoms with E-state index in [9.17, 15) is 9.59 Å². The van der Waals surface area contributed by atoms with Gasteiger partial charge in [-0.25, -0.2) is 0 Å². The molecule has 2 fully saturated rings. The molecule has 0 spiro atoms. The first kappa shape index (κ1) is 8.21. The van der Waals surface area contributed by atoms with E-state index in [1.54, 1.807) is 0 Å². The van der Waals surface area contributed by atoms with Crippen molar-refractivity contribution in [3.63, 3.8) is 0 Å². The van der Waals surface area contributed by atoms with Gasteiger partial charge in [0.05, 0.1) is 11.8 Å². The number of allylic oxidation sites excluding steroid dienone is 2. The number of esters is 2. The van der Waals surface area contributed by atoms with Crippen LogP contribution in [0.3, 0.4) is 0 Å². The molecule has 1 heterocycles. The lowest BCUT2D eigenvalue weighted by Crippen LogP contribution is -2.31. The Hall–Kier alpha value is -1.12. The Balaban J connectivity index is 2.06. The summed E-state index contributed by atoms with van der Waals surface area (Å²) in [5.41, 5.74) is 0. The monoisotopic (exact) mass is 192 g/mol. The summed E-state index contributed by atoms with van der Waals surface area (Å²) < 4.78 is 4.73. The van der Waals surface area contributed by atoms with Crippen molar-refractivity contribution in [2.75, 3.05) is 0 Å². The van der Waals surface area contributed by atoms with Crippen LogP contribution in [0.1, 0.15) is 19.3 Å². The molecule has 3 heteroatoms. The van der Waals surface area contributed by atoms with Crippen LogP contribution in [0.15, 0.2) is 12.2 Å². The van der Waals surface area contributed by atoms with Crippen LogP contribution in [0.2, 0.25) is 0 Å². The van der Waals surface area contributed by atoms with Gasteiger partial charge in [-0.1, -0.05) is 18.6 Å². The van der Waals surface area contributed by atoms with Crippen molar-refractivity contribution in [2.45, 2.75) is 19.3 Å². The maximum atomic E-state index is 11.5. The van der Waals surface area contributed by atoms with Crippen LogP contribution >= 0.6 is 0 Å². The zero-order valence-electron chi connectivity index (χ0n) is 7.81. The minimum absolute atomic E-state index is 0.167. The van der Waals surface area contributed by atoms with Gasteiger partial charge in [-0.05, 0) is 24.7 Å². The highest BCUT2D eigenvalue weighted by Crippen LogP contribution is 2.46. The Morgan fingerprint density at radius 3 is 2.00 bits per heavy atom. The SMILES string of the molecule is O=C1OC(=O)[C@H]2[C@@H]1[C@H]1C=C[C@@H]2CCC1. The summed E-state index contributed by atoms with van der Waals surface area (Å²) in [6.45, 7) is 0. The normalized spacial score (nSPS) is 44.9. The average molecular weight is 192 g/mol. The van der Waals surface area contributed by atoms with E-state index in [0.717, 1.165) is 19.3 Å². The van der Waals surface area contributed by atoms with Gasteiger partial charge in [0.15, 0.2) is 0 Å². The van der Waals surface area contributed by atoms with Crippen molar-refractivity contribution in [3.8, 4) is 0 Å². The zero-order chi connectivity index (χ0) is 9.71. The summed E-state index contributed by atoms with van der Waals surface area (Å²) in [4.78, 5) is 23.0. The van der Waals surface area contributed by atoms with Crippen LogP contribution in [0, 0.1) is 23.7 Å². The molecule has 4 rings (SSSR count). The van der Waals surface area contributed by atoms with Gasteiger partial charge in [-0.2, -0.15) is 0 Å². The molecule has 3 nitrogen and oxygen atoms in total. The molecule has 1 saturated carbocycles. The molecule has 1 aliphatic heterocycles. The topological polar surface area (TPSA) is 43.4 Å². The van der Waals surface area contributed by atoms with Crippen LogP contribution in [0.4, 0.5) is 0 Å². The second-order valence-electron chi connectivity index (χ2n) is 4.44. The van der Waals surface area contributed by atoms with E-state index in [1.807, 2.05) is 0 Å². The number of rotatable bonds is 0. The second-order valence-corrected chi connectivity index (χ2v) is 4.44. The standard InChI is InChI=1S/C11H12O3/c12-10-8-6-2-1-3-7(5-4-6)9(8)11(13)14-10/h4-9H,1-3H2/t6-,7+,8+,9-. The van der Waals surface area contributed by atoms with E-state index in [1.165, 1.54) is 0 Å². The molecular weight excluding hydrogens is 180 g/mol. The van der Waals surface area contributed by atoms with Crippen LogP contribution in [-0.2, 0) is 14.3 Å². The highest BCUT2D eigenvalue weighted by Gasteiger charge is 2.53. The molecule has 0 aromatic carbocycles. The zero-order valence-corrected chi connectivity index (χ0v) is 7.81. The highest BCUT2D eigenvalue weighted by molar-refractivity contribution is 5.97. The molecule has 0 unspecified atom stereocenters. The molecular formula is C11H12O3. The number of ether oxygens (including phenoxy) is 1. The minimum Gasteiger partial charge on any atom is -0.393 e. The Labute approximate surface area is 82.1 Å². The summed E-state index contributed by atoms with van der Waals surface area (Å²) in [5.74, 6) is -0.419. The third-order valence-electron chi connectivity index (χ3n) is 3.74. The molecule has 0 aromatic rings. The predicted molar refractivity (Wildman–Crippen MR) is 48.1 cm³/mol. The van der Waals surface area contributed by atoms with Crippen molar-refractivity contribution >= 4 is 11.9 Å². The van der Waals surface area contributed by atoms with Crippen molar-refractivity contribution in [3.05, 3.63) is 12.2 Å². The fourth-order valence-electron chi connectivity index (χ4n) is 3.08. The largest absolute Gasteiger partial charge is 0.393 e. The minimum atomic E-state index is -0.291. The van der Waals surface area contributed by atoms with E-state index in [2.05, 4.69) is 12.2 Å². The molecule has 14 heavy (non-hydrogen) atoms. The number of carbonyl (C=O) groups excluding carboxylic acids is 2. The van der Waals surface area contributed by atoms with Crippen LogP contribution < -0.4 is 0 Å². The first-order valence-electron chi connectivity index (χ1n) is 5.21. The van der Waals surface area contributed by atoms with Gasteiger partial charge in [-0.3, -0.25) is 9.59 Å². The average Bonchev–Trinajstić information content (AvgIpc) is 2.42. The molecule has 0 radical (unpaired) electrons.